The van der Waals surface area contributed by atoms with Gasteiger partial charge < -0.3 is 9.84 Å². The van der Waals surface area contributed by atoms with Crippen molar-refractivity contribution < 1.29 is 23.4 Å². The van der Waals surface area contributed by atoms with Crippen LogP contribution in [0.2, 0.25) is 0 Å². The fourth-order valence-corrected chi connectivity index (χ4v) is 2.94. The maximum Gasteiger partial charge on any atom is 0.331 e. The summed E-state index contributed by atoms with van der Waals surface area (Å²) in [6, 6.07) is 13.6. The fourth-order valence-electron chi connectivity index (χ4n) is 2.21. The highest BCUT2D eigenvalue weighted by atomic mass is 32.1. The zero-order chi connectivity index (χ0) is 21.2. The van der Waals surface area contributed by atoms with Crippen LogP contribution in [0.25, 0.3) is 23.2 Å². The Morgan fingerprint density at radius 1 is 1.17 bits per heavy atom. The van der Waals surface area contributed by atoms with Gasteiger partial charge in [-0.1, -0.05) is 24.3 Å². The third-order valence-electron chi connectivity index (χ3n) is 3.67. The van der Waals surface area contributed by atoms with Crippen molar-refractivity contribution in [3.05, 3.63) is 88.2 Å². The molecule has 7 heteroatoms. The number of aryl methyl sites for hydroxylation is 1. The second-order valence-corrected chi connectivity index (χ2v) is 6.63. The number of aliphatic carboxylic acids is 1. The Labute approximate surface area is 171 Å². The molecule has 0 aliphatic rings. The Hall–Kier alpha value is -3.32. The number of hydrogen-bond acceptors (Lipinski definition) is 4. The molecule has 0 atom stereocenters. The van der Waals surface area contributed by atoms with Gasteiger partial charge in [-0.25, -0.2) is 18.6 Å². The first-order valence-corrected chi connectivity index (χ1v) is 9.35. The van der Waals surface area contributed by atoms with Gasteiger partial charge in [-0.2, -0.15) is 0 Å². The lowest BCUT2D eigenvalue weighted by Gasteiger charge is -1.99. The molecular formula is C22H19F2NO3S. The van der Waals surface area contributed by atoms with E-state index in [-0.39, 0.29) is 11.6 Å². The minimum atomic E-state index is -0.998. The van der Waals surface area contributed by atoms with Crippen LogP contribution in [0.15, 0.2) is 66.2 Å². The van der Waals surface area contributed by atoms with Crippen LogP contribution in [-0.2, 0) is 9.53 Å². The third-order valence-corrected chi connectivity index (χ3v) is 4.52. The molecule has 1 N–H and O–H groups in total. The lowest BCUT2D eigenvalue weighted by Crippen LogP contribution is -1.85. The van der Waals surface area contributed by atoms with E-state index < -0.39 is 5.97 Å². The molecule has 2 aromatic carbocycles. The van der Waals surface area contributed by atoms with Gasteiger partial charge in [-0.05, 0) is 48.4 Å². The molecule has 0 radical (unpaired) electrons. The van der Waals surface area contributed by atoms with Gasteiger partial charge in [-0.15, -0.1) is 11.3 Å². The van der Waals surface area contributed by atoms with E-state index in [1.54, 1.807) is 17.5 Å². The van der Waals surface area contributed by atoms with E-state index >= 15 is 0 Å². The smallest absolute Gasteiger partial charge is 0.331 e. The first kappa shape index (κ1) is 22.0. The molecule has 0 spiro atoms. The van der Waals surface area contributed by atoms with Gasteiger partial charge in [0.05, 0.1) is 25.1 Å². The predicted octanol–water partition coefficient (Wildman–Crippen LogP) is 5.96. The number of aromatic nitrogens is 1. The Morgan fingerprint density at radius 2 is 1.86 bits per heavy atom. The first-order valence-electron chi connectivity index (χ1n) is 8.47. The number of rotatable bonds is 5. The molecule has 0 aliphatic heterocycles. The average Bonchev–Trinajstić information content (AvgIpc) is 3.19. The van der Waals surface area contributed by atoms with Crippen LogP contribution in [-0.4, -0.2) is 23.2 Å². The minimum Gasteiger partial charge on any atom is -0.504 e. The molecule has 3 aromatic rings. The Kier molecular flexibility index (Phi) is 8.24. The van der Waals surface area contributed by atoms with Crippen molar-refractivity contribution in [1.29, 1.82) is 0 Å². The van der Waals surface area contributed by atoms with Crippen LogP contribution in [0.1, 0.15) is 16.1 Å². The SMILES string of the molecule is COC=CC(=O)O.Cc1ccccc1C=C(F)c1nc(-c2ccc(F)cc2)cs1. The van der Waals surface area contributed by atoms with Crippen molar-refractivity contribution in [3.63, 3.8) is 0 Å². The van der Waals surface area contributed by atoms with E-state index in [1.165, 1.54) is 36.7 Å². The zero-order valence-corrected chi connectivity index (χ0v) is 16.6. The molecular weight excluding hydrogens is 396 g/mol. The lowest BCUT2D eigenvalue weighted by atomic mass is 10.1. The van der Waals surface area contributed by atoms with Crippen molar-refractivity contribution in [2.24, 2.45) is 0 Å². The summed E-state index contributed by atoms with van der Waals surface area (Å²) in [5, 5.41) is 9.97. The van der Waals surface area contributed by atoms with Gasteiger partial charge in [0.15, 0.2) is 10.8 Å². The number of ether oxygens (including phenoxy) is 1. The molecule has 0 unspecified atom stereocenters. The van der Waals surface area contributed by atoms with Gasteiger partial charge in [0.2, 0.25) is 0 Å². The van der Waals surface area contributed by atoms with E-state index in [0.717, 1.165) is 29.0 Å². The Balaban J connectivity index is 0.000000370. The number of nitrogens with zero attached hydrogens (tertiary/aromatic N) is 1. The maximum absolute atomic E-state index is 14.3. The second kappa shape index (κ2) is 10.9. The number of carboxylic acids is 1. The summed E-state index contributed by atoms with van der Waals surface area (Å²) in [6.07, 6.45) is 3.50. The minimum absolute atomic E-state index is 0.301. The quantitative estimate of drug-likeness (QED) is 0.413. The van der Waals surface area contributed by atoms with Gasteiger partial charge >= 0.3 is 5.97 Å². The highest BCUT2D eigenvalue weighted by molar-refractivity contribution is 7.11. The predicted molar refractivity (Wildman–Crippen MR) is 111 cm³/mol. The monoisotopic (exact) mass is 415 g/mol. The summed E-state index contributed by atoms with van der Waals surface area (Å²) < 4.78 is 31.6. The number of methoxy groups -OCH3 is 1. The van der Waals surface area contributed by atoms with Crippen LogP contribution in [0.3, 0.4) is 0 Å². The van der Waals surface area contributed by atoms with E-state index in [4.69, 9.17) is 5.11 Å². The number of hydrogen-bond donors (Lipinski definition) is 1. The maximum atomic E-state index is 14.3. The van der Waals surface area contributed by atoms with Crippen molar-refractivity contribution in [2.75, 3.05) is 7.11 Å². The highest BCUT2D eigenvalue weighted by Gasteiger charge is 2.09. The average molecular weight is 415 g/mol. The van der Waals surface area contributed by atoms with Crippen molar-refractivity contribution in [1.82, 2.24) is 4.98 Å². The third kappa shape index (κ3) is 6.97. The van der Waals surface area contributed by atoms with Crippen molar-refractivity contribution in [3.8, 4) is 11.3 Å². The van der Waals surface area contributed by atoms with Crippen LogP contribution >= 0.6 is 11.3 Å². The van der Waals surface area contributed by atoms with E-state index in [9.17, 15) is 13.6 Å². The van der Waals surface area contributed by atoms with Crippen LogP contribution in [0.4, 0.5) is 8.78 Å². The summed E-state index contributed by atoms with van der Waals surface area (Å²) in [7, 11) is 1.39. The molecule has 0 saturated carbocycles. The summed E-state index contributed by atoms with van der Waals surface area (Å²) in [5.41, 5.74) is 3.26. The van der Waals surface area contributed by atoms with E-state index in [2.05, 4.69) is 9.72 Å². The van der Waals surface area contributed by atoms with Crippen LogP contribution in [0, 0.1) is 12.7 Å². The normalized spacial score (nSPS) is 11.1. The first-order chi connectivity index (χ1) is 13.9. The standard InChI is InChI=1S/C18H13F2NS.C4H6O3/c1-12-4-2-3-5-14(12)10-16(20)18-21-17(11-22-18)13-6-8-15(19)9-7-13;1-7-3-2-4(5)6/h2-11H,1H3;2-3H,1H3,(H,5,6). The van der Waals surface area contributed by atoms with Crippen molar-refractivity contribution in [2.45, 2.75) is 6.92 Å². The molecule has 1 heterocycles. The molecule has 0 fully saturated rings. The van der Waals surface area contributed by atoms with Gasteiger partial charge in [-0.3, -0.25) is 0 Å². The molecule has 3 rings (SSSR count). The van der Waals surface area contributed by atoms with Crippen LogP contribution in [0.5, 0.6) is 0 Å². The Morgan fingerprint density at radius 3 is 2.45 bits per heavy atom. The lowest BCUT2D eigenvalue weighted by molar-refractivity contribution is -0.131. The van der Waals surface area contributed by atoms with Crippen molar-refractivity contribution >= 4 is 29.2 Å². The summed E-state index contributed by atoms with van der Waals surface area (Å²) in [5.74, 6) is -1.67. The topological polar surface area (TPSA) is 59.4 Å². The largest absolute Gasteiger partial charge is 0.504 e. The second-order valence-electron chi connectivity index (χ2n) is 5.77. The van der Waals surface area contributed by atoms with Gasteiger partial charge in [0.25, 0.3) is 0 Å². The summed E-state index contributed by atoms with van der Waals surface area (Å²) in [6.45, 7) is 1.94. The molecule has 150 valence electrons. The molecule has 0 saturated heterocycles. The number of carboxylic acid groups (broad SMARTS) is 1. The van der Waals surface area contributed by atoms with Crippen LogP contribution < -0.4 is 0 Å². The number of benzene rings is 2. The number of thiazole rings is 1. The zero-order valence-electron chi connectivity index (χ0n) is 15.8. The Bertz CT molecular complexity index is 1010. The molecule has 0 bridgehead atoms. The molecule has 1 aromatic heterocycles. The molecule has 29 heavy (non-hydrogen) atoms. The summed E-state index contributed by atoms with van der Waals surface area (Å²) >= 11 is 1.23. The van der Waals surface area contributed by atoms with Gasteiger partial charge in [0.1, 0.15) is 5.82 Å². The highest BCUT2D eigenvalue weighted by Crippen LogP contribution is 2.28. The molecule has 4 nitrogen and oxygen atoms in total. The molecule has 0 amide bonds. The number of halogens is 2. The van der Waals surface area contributed by atoms with Gasteiger partial charge in [0, 0.05) is 10.9 Å². The van der Waals surface area contributed by atoms with E-state index in [0.29, 0.717) is 10.7 Å². The van der Waals surface area contributed by atoms with E-state index in [1.807, 2.05) is 31.2 Å². The number of carbonyl (C=O) groups is 1. The molecule has 0 aliphatic carbocycles. The fraction of sp³-hybridized carbons (Fsp3) is 0.0909. The summed E-state index contributed by atoms with van der Waals surface area (Å²) in [4.78, 5) is 13.9.